The molecule has 0 atom stereocenters. The molecule has 0 amide bonds. The molecule has 2 radical (unpaired) electrons. The van der Waals surface area contributed by atoms with E-state index in [1.165, 1.54) is 270 Å². The average molecular weight is 910 g/mol. The van der Waals surface area contributed by atoms with Gasteiger partial charge in [0.1, 0.15) is 0 Å². The first kappa shape index (κ1) is 61.0. The molecule has 0 aromatic carbocycles. The number of carbonyl (C=O) groups is 2. The Hall–Kier alpha value is -0.261. The molecule has 0 aromatic rings. The second-order valence-electron chi connectivity index (χ2n) is 17.8. The summed E-state index contributed by atoms with van der Waals surface area (Å²) in [4.78, 5) is 20.6. The first-order valence-electron chi connectivity index (χ1n) is 25.9. The van der Waals surface area contributed by atoms with Crippen LogP contribution in [-0.2, 0) is 9.59 Å². The van der Waals surface area contributed by atoms with Crippen LogP contribution in [0.5, 0.6) is 0 Å². The third-order valence-corrected chi connectivity index (χ3v) is 12.0. The molecule has 0 N–H and O–H groups in total. The van der Waals surface area contributed by atoms with E-state index in [0.29, 0.717) is 0 Å². The van der Waals surface area contributed by atoms with Gasteiger partial charge >= 0.3 is 23.9 Å². The molecule has 0 aliphatic carbocycles. The summed E-state index contributed by atoms with van der Waals surface area (Å²) < 4.78 is 0. The van der Waals surface area contributed by atoms with Crippen LogP contribution in [0.1, 0.15) is 322 Å². The van der Waals surface area contributed by atoms with Gasteiger partial charge < -0.3 is 19.8 Å². The first-order valence-corrected chi connectivity index (χ1v) is 25.9. The van der Waals surface area contributed by atoms with Crippen LogP contribution in [0.15, 0.2) is 0 Å². The second kappa shape index (κ2) is 57.8. The quantitative estimate of drug-likeness (QED) is 0.0450. The van der Waals surface area contributed by atoms with Crippen molar-refractivity contribution in [3.05, 3.63) is 0 Å². The number of hydrogen-bond donors (Lipinski definition) is 0. The van der Waals surface area contributed by atoms with Gasteiger partial charge in [0.15, 0.2) is 0 Å². The van der Waals surface area contributed by atoms with Gasteiger partial charge in [0.2, 0.25) is 0 Å². The fraction of sp³-hybridized carbons (Fsp3) is 0.962. The van der Waals surface area contributed by atoms with Crippen LogP contribution in [0.3, 0.4) is 0 Å². The van der Waals surface area contributed by atoms with Gasteiger partial charge in [-0.2, -0.15) is 0 Å². The van der Waals surface area contributed by atoms with Gasteiger partial charge in [0.25, 0.3) is 0 Å². The van der Waals surface area contributed by atoms with Crippen molar-refractivity contribution in [2.75, 3.05) is 0 Å². The fourth-order valence-corrected chi connectivity index (χ4v) is 8.11. The largest absolute Gasteiger partial charge is 2.00 e. The molecule has 0 unspecified atom stereocenters. The Balaban J connectivity index is -0.00000101. The van der Waals surface area contributed by atoms with E-state index < -0.39 is 11.9 Å². The molecular formula is C52H102O4Sn. The number of carbonyl (C=O) groups excluding carboxylic acids is 2. The standard InChI is InChI=1S/2C26H52O2.Sn/c2*1-2-3-4-5-6-7-8-9-10-11-12-13-14-15-16-17-18-19-20-21-22-23-24-25-26(27)28;/h2*2-25H2,1H3,(H,27,28);/q;;+2/p-2. The maximum Gasteiger partial charge on any atom is 2.00 e. The maximum absolute atomic E-state index is 10.3. The van der Waals surface area contributed by atoms with E-state index in [1.54, 1.807) is 0 Å². The summed E-state index contributed by atoms with van der Waals surface area (Å²) in [6, 6.07) is 0. The zero-order valence-electron chi connectivity index (χ0n) is 39.1. The Morgan fingerprint density at radius 2 is 0.333 bits per heavy atom. The van der Waals surface area contributed by atoms with E-state index in [-0.39, 0.29) is 36.7 Å². The van der Waals surface area contributed by atoms with Crippen LogP contribution in [-0.4, -0.2) is 35.8 Å². The zero-order valence-corrected chi connectivity index (χ0v) is 41.9. The minimum absolute atomic E-state index is 0. The Bertz CT molecular complexity index is 669. The number of carboxylic acid groups (broad SMARTS) is 2. The number of carboxylic acids is 2. The van der Waals surface area contributed by atoms with E-state index in [2.05, 4.69) is 13.8 Å². The van der Waals surface area contributed by atoms with Crippen LogP contribution in [0.25, 0.3) is 0 Å². The maximum atomic E-state index is 10.3. The summed E-state index contributed by atoms with van der Waals surface area (Å²) in [5.74, 6) is -1.80. The Morgan fingerprint density at radius 3 is 0.439 bits per heavy atom. The molecule has 4 nitrogen and oxygen atoms in total. The number of aliphatic carboxylic acids is 2. The smallest absolute Gasteiger partial charge is 0.550 e. The number of unbranched alkanes of at least 4 members (excludes halogenated alkanes) is 44. The predicted octanol–water partition coefficient (Wildman–Crippen LogP) is 15.9. The molecule has 57 heavy (non-hydrogen) atoms. The van der Waals surface area contributed by atoms with E-state index >= 15 is 0 Å². The molecular weight excluding hydrogens is 807 g/mol. The average Bonchev–Trinajstić information content (AvgIpc) is 3.18. The van der Waals surface area contributed by atoms with E-state index in [4.69, 9.17) is 0 Å². The third kappa shape index (κ3) is 65.1. The molecule has 338 valence electrons. The van der Waals surface area contributed by atoms with Crippen molar-refractivity contribution in [3.8, 4) is 0 Å². The molecule has 5 heteroatoms. The van der Waals surface area contributed by atoms with Gasteiger partial charge in [-0.15, -0.1) is 0 Å². The van der Waals surface area contributed by atoms with Crippen molar-refractivity contribution >= 4 is 35.8 Å². The molecule has 0 fully saturated rings. The molecule has 0 rings (SSSR count). The van der Waals surface area contributed by atoms with Crippen LogP contribution in [0.4, 0.5) is 0 Å². The van der Waals surface area contributed by atoms with Crippen molar-refractivity contribution in [2.45, 2.75) is 322 Å². The third-order valence-electron chi connectivity index (χ3n) is 12.0. The van der Waals surface area contributed by atoms with E-state index in [1.807, 2.05) is 0 Å². The molecule has 0 aromatic heterocycles. The Kier molecular flexibility index (Phi) is 61.9. The van der Waals surface area contributed by atoms with Gasteiger partial charge in [-0.1, -0.05) is 296 Å². The summed E-state index contributed by atoms with van der Waals surface area (Å²) in [6.07, 6.45) is 63.3. The second-order valence-corrected chi connectivity index (χ2v) is 17.8. The van der Waals surface area contributed by atoms with Gasteiger partial charge in [-0.05, 0) is 25.7 Å². The molecule has 0 saturated carbocycles. The first-order chi connectivity index (χ1) is 27.5. The summed E-state index contributed by atoms with van der Waals surface area (Å²) in [7, 11) is 0. The summed E-state index contributed by atoms with van der Waals surface area (Å²) in [5, 5.41) is 20.6. The van der Waals surface area contributed by atoms with Gasteiger partial charge in [0, 0.05) is 11.9 Å². The Labute approximate surface area is 375 Å². The van der Waals surface area contributed by atoms with Crippen molar-refractivity contribution in [1.82, 2.24) is 0 Å². The van der Waals surface area contributed by atoms with Gasteiger partial charge in [-0.3, -0.25) is 0 Å². The molecule has 0 aliphatic rings. The number of rotatable bonds is 48. The van der Waals surface area contributed by atoms with Crippen molar-refractivity contribution in [2.24, 2.45) is 0 Å². The summed E-state index contributed by atoms with van der Waals surface area (Å²) in [5.41, 5.74) is 0. The SMILES string of the molecule is CCCCCCCCCCCCCCCCCCCCCCCCCC(=O)[O-].CCCCCCCCCCCCCCCCCCCCCCCCCC(=O)[O-].[Sn+2]. The van der Waals surface area contributed by atoms with Crippen LogP contribution < -0.4 is 10.2 Å². The molecule has 0 heterocycles. The minimum atomic E-state index is -0.900. The normalized spacial score (nSPS) is 11.0. The van der Waals surface area contributed by atoms with Crippen molar-refractivity contribution < 1.29 is 19.8 Å². The summed E-state index contributed by atoms with van der Waals surface area (Å²) >= 11 is 0. The summed E-state index contributed by atoms with van der Waals surface area (Å²) in [6.45, 7) is 4.58. The van der Waals surface area contributed by atoms with E-state index in [9.17, 15) is 19.8 Å². The van der Waals surface area contributed by atoms with Gasteiger partial charge in [0.05, 0.1) is 0 Å². The van der Waals surface area contributed by atoms with E-state index in [0.717, 1.165) is 25.7 Å². The molecule has 0 aliphatic heterocycles. The van der Waals surface area contributed by atoms with Gasteiger partial charge in [-0.25, -0.2) is 0 Å². The van der Waals surface area contributed by atoms with Crippen molar-refractivity contribution in [3.63, 3.8) is 0 Å². The topological polar surface area (TPSA) is 80.3 Å². The van der Waals surface area contributed by atoms with Crippen molar-refractivity contribution in [1.29, 1.82) is 0 Å². The predicted molar refractivity (Wildman–Crippen MR) is 249 cm³/mol. The van der Waals surface area contributed by atoms with Crippen LogP contribution in [0.2, 0.25) is 0 Å². The zero-order chi connectivity index (χ0) is 41.1. The molecule has 0 spiro atoms. The van der Waals surface area contributed by atoms with Crippen LogP contribution >= 0.6 is 0 Å². The molecule has 0 bridgehead atoms. The monoisotopic (exact) mass is 911 g/mol. The number of hydrogen-bond acceptors (Lipinski definition) is 4. The molecule has 0 saturated heterocycles. The minimum Gasteiger partial charge on any atom is -0.550 e. The Morgan fingerprint density at radius 1 is 0.228 bits per heavy atom. The van der Waals surface area contributed by atoms with Crippen LogP contribution in [0, 0.1) is 0 Å². The fourth-order valence-electron chi connectivity index (χ4n) is 8.11.